The molecule has 0 aromatic heterocycles. The molecular weight excluding hydrogens is 282 g/mol. The summed E-state index contributed by atoms with van der Waals surface area (Å²) in [5.41, 5.74) is 7.36. The van der Waals surface area contributed by atoms with Gasteiger partial charge in [0, 0.05) is 24.9 Å². The van der Waals surface area contributed by atoms with Crippen LogP contribution in [-0.4, -0.2) is 47.0 Å². The third-order valence-corrected chi connectivity index (χ3v) is 3.42. The van der Waals surface area contributed by atoms with Crippen molar-refractivity contribution in [3.63, 3.8) is 0 Å². The van der Waals surface area contributed by atoms with Crippen LogP contribution in [0.5, 0.6) is 0 Å². The number of nitrogens with zero attached hydrogens (tertiary/aromatic N) is 2. The average Bonchev–Trinajstić information content (AvgIpc) is 2.50. The van der Waals surface area contributed by atoms with Crippen LogP contribution in [0.4, 0.5) is 11.4 Å². The minimum absolute atomic E-state index is 0.0308. The van der Waals surface area contributed by atoms with E-state index in [1.54, 1.807) is 29.2 Å². The van der Waals surface area contributed by atoms with Gasteiger partial charge in [0.1, 0.15) is 0 Å². The van der Waals surface area contributed by atoms with Crippen molar-refractivity contribution in [2.24, 2.45) is 4.99 Å². The highest BCUT2D eigenvalue weighted by molar-refractivity contribution is 6.50. The molecule has 0 saturated heterocycles. The summed E-state index contributed by atoms with van der Waals surface area (Å²) in [6.45, 7) is 2.67. The molecule has 0 aliphatic heterocycles. The van der Waals surface area contributed by atoms with Gasteiger partial charge in [-0.2, -0.15) is 0 Å². The van der Waals surface area contributed by atoms with Crippen LogP contribution in [0.2, 0.25) is 0 Å². The van der Waals surface area contributed by atoms with Crippen LogP contribution >= 0.6 is 0 Å². The summed E-state index contributed by atoms with van der Waals surface area (Å²) in [4.78, 5) is 30.3. The van der Waals surface area contributed by atoms with E-state index in [2.05, 4.69) is 4.99 Å². The first-order chi connectivity index (χ1) is 10.5. The maximum absolute atomic E-state index is 12.2. The van der Waals surface area contributed by atoms with Crippen LogP contribution in [-0.2, 0) is 9.59 Å². The SMILES string of the molecule is CCN(CCO)C1=CC(=O)C(=Nc2ccc(N)cc2)CC1=O. The number of ketones is 2. The normalized spacial score (nSPS) is 16.8. The van der Waals surface area contributed by atoms with Crippen molar-refractivity contribution in [2.45, 2.75) is 13.3 Å². The Kier molecular flexibility index (Phi) is 5.06. The largest absolute Gasteiger partial charge is 0.399 e. The monoisotopic (exact) mass is 301 g/mol. The number of carbonyl (C=O) groups excluding carboxylic acids is 2. The summed E-state index contributed by atoms with van der Waals surface area (Å²) >= 11 is 0. The Bertz CT molecular complexity index is 633. The molecule has 0 atom stereocenters. The zero-order chi connectivity index (χ0) is 16.1. The van der Waals surface area contributed by atoms with Crippen LogP contribution in [0.1, 0.15) is 13.3 Å². The van der Waals surface area contributed by atoms with Crippen molar-refractivity contribution in [3.8, 4) is 0 Å². The summed E-state index contributed by atoms with van der Waals surface area (Å²) in [7, 11) is 0. The number of likely N-dealkylation sites (N-methyl/N-ethyl adjacent to an activating group) is 1. The molecule has 0 spiro atoms. The second kappa shape index (κ2) is 7.00. The van der Waals surface area contributed by atoms with E-state index in [1.807, 2.05) is 6.92 Å². The molecule has 3 N–H and O–H groups in total. The first-order valence-electron chi connectivity index (χ1n) is 7.13. The molecule has 6 nitrogen and oxygen atoms in total. The Balaban J connectivity index is 2.25. The lowest BCUT2D eigenvalue weighted by molar-refractivity contribution is -0.118. The molecule has 1 aromatic carbocycles. The Morgan fingerprint density at radius 1 is 1.27 bits per heavy atom. The highest BCUT2D eigenvalue weighted by atomic mass is 16.3. The highest BCUT2D eigenvalue weighted by Gasteiger charge is 2.27. The lowest BCUT2D eigenvalue weighted by Gasteiger charge is -2.26. The van der Waals surface area contributed by atoms with Crippen molar-refractivity contribution in [1.82, 2.24) is 4.90 Å². The van der Waals surface area contributed by atoms with E-state index in [4.69, 9.17) is 10.8 Å². The van der Waals surface area contributed by atoms with E-state index in [9.17, 15) is 9.59 Å². The number of hydrogen-bond donors (Lipinski definition) is 2. The molecule has 22 heavy (non-hydrogen) atoms. The van der Waals surface area contributed by atoms with Crippen molar-refractivity contribution < 1.29 is 14.7 Å². The third kappa shape index (κ3) is 3.59. The van der Waals surface area contributed by atoms with E-state index in [0.717, 1.165) is 0 Å². The molecule has 0 bridgehead atoms. The molecule has 2 rings (SSSR count). The van der Waals surface area contributed by atoms with E-state index < -0.39 is 0 Å². The van der Waals surface area contributed by atoms with Crippen LogP contribution < -0.4 is 5.73 Å². The third-order valence-electron chi connectivity index (χ3n) is 3.42. The number of allylic oxidation sites excluding steroid dienone is 2. The summed E-state index contributed by atoms with van der Waals surface area (Å²) < 4.78 is 0. The van der Waals surface area contributed by atoms with Crippen LogP contribution in [0.3, 0.4) is 0 Å². The zero-order valence-corrected chi connectivity index (χ0v) is 12.5. The summed E-state index contributed by atoms with van der Waals surface area (Å²) in [6.07, 6.45) is 1.28. The first-order valence-corrected chi connectivity index (χ1v) is 7.13. The van der Waals surface area contributed by atoms with Crippen molar-refractivity contribution in [2.75, 3.05) is 25.4 Å². The Morgan fingerprint density at radius 2 is 1.95 bits per heavy atom. The molecule has 0 saturated carbocycles. The second-order valence-electron chi connectivity index (χ2n) is 4.95. The van der Waals surface area contributed by atoms with E-state index in [0.29, 0.717) is 30.2 Å². The Hall–Kier alpha value is -2.47. The van der Waals surface area contributed by atoms with E-state index in [1.165, 1.54) is 6.08 Å². The average molecular weight is 301 g/mol. The number of benzene rings is 1. The number of aliphatic imine (C=N–C) groups is 1. The number of nitrogens with two attached hydrogens (primary N) is 1. The van der Waals surface area contributed by atoms with Gasteiger partial charge in [-0.3, -0.25) is 9.59 Å². The van der Waals surface area contributed by atoms with Gasteiger partial charge in [0.25, 0.3) is 0 Å². The predicted molar refractivity (Wildman–Crippen MR) is 85.0 cm³/mol. The summed E-state index contributed by atoms with van der Waals surface area (Å²) in [6, 6.07) is 6.78. The van der Waals surface area contributed by atoms with Crippen LogP contribution in [0.15, 0.2) is 41.0 Å². The topological polar surface area (TPSA) is 96.0 Å². The van der Waals surface area contributed by atoms with Gasteiger partial charge in [-0.25, -0.2) is 4.99 Å². The fourth-order valence-electron chi connectivity index (χ4n) is 2.25. The number of carbonyl (C=O) groups is 2. The van der Waals surface area contributed by atoms with Gasteiger partial charge < -0.3 is 15.7 Å². The number of Topliss-reactive ketones (excluding diaryl/α,β-unsaturated/α-hetero) is 1. The van der Waals surface area contributed by atoms with E-state index >= 15 is 0 Å². The van der Waals surface area contributed by atoms with Crippen molar-refractivity contribution >= 4 is 28.7 Å². The Morgan fingerprint density at radius 3 is 2.55 bits per heavy atom. The molecule has 1 aliphatic rings. The lowest BCUT2D eigenvalue weighted by atomic mass is 9.98. The molecule has 0 radical (unpaired) electrons. The van der Waals surface area contributed by atoms with Crippen LogP contribution in [0, 0.1) is 0 Å². The molecule has 0 fully saturated rings. The molecule has 0 unspecified atom stereocenters. The molecule has 1 aliphatic carbocycles. The summed E-state index contributed by atoms with van der Waals surface area (Å²) in [5.74, 6) is -0.438. The van der Waals surface area contributed by atoms with Gasteiger partial charge >= 0.3 is 0 Å². The summed E-state index contributed by atoms with van der Waals surface area (Å²) in [5, 5.41) is 9.02. The van der Waals surface area contributed by atoms with Gasteiger partial charge in [0.05, 0.1) is 30.1 Å². The maximum Gasteiger partial charge on any atom is 0.202 e. The number of aliphatic hydroxyl groups is 1. The quantitative estimate of drug-likeness (QED) is 0.793. The Labute approximate surface area is 128 Å². The minimum Gasteiger partial charge on any atom is -0.399 e. The van der Waals surface area contributed by atoms with E-state index in [-0.39, 0.29) is 30.3 Å². The standard InChI is InChI=1S/C16H19N3O3/c1-2-19(7-8-20)14-10-15(21)13(9-16(14)22)18-12-5-3-11(17)4-6-12/h3-6,10,20H,2,7-9,17H2,1H3. The maximum atomic E-state index is 12.2. The molecule has 0 amide bonds. The molecule has 6 heteroatoms. The van der Waals surface area contributed by atoms with Gasteiger partial charge in [0.15, 0.2) is 5.78 Å². The van der Waals surface area contributed by atoms with Gasteiger partial charge in [-0.1, -0.05) is 0 Å². The van der Waals surface area contributed by atoms with Crippen LogP contribution in [0.25, 0.3) is 0 Å². The highest BCUT2D eigenvalue weighted by Crippen LogP contribution is 2.19. The predicted octanol–water partition coefficient (Wildman–Crippen LogP) is 1.08. The lowest BCUT2D eigenvalue weighted by Crippen LogP contribution is -2.35. The molecule has 116 valence electrons. The van der Waals surface area contributed by atoms with Gasteiger partial charge in [-0.05, 0) is 31.2 Å². The molecular formula is C16H19N3O3. The van der Waals surface area contributed by atoms with Crippen molar-refractivity contribution in [1.29, 1.82) is 0 Å². The number of nitrogen functional groups attached to an aromatic ring is 1. The smallest absolute Gasteiger partial charge is 0.202 e. The number of hydrogen-bond acceptors (Lipinski definition) is 6. The molecule has 0 heterocycles. The molecule has 1 aromatic rings. The first kappa shape index (κ1) is 15.9. The fourth-order valence-corrected chi connectivity index (χ4v) is 2.25. The van der Waals surface area contributed by atoms with Crippen molar-refractivity contribution in [3.05, 3.63) is 36.0 Å². The number of rotatable bonds is 5. The fraction of sp³-hybridized carbons (Fsp3) is 0.312. The number of anilines is 1. The van der Waals surface area contributed by atoms with Gasteiger partial charge in [-0.15, -0.1) is 0 Å². The second-order valence-corrected chi connectivity index (χ2v) is 4.95. The minimum atomic E-state index is -0.275. The zero-order valence-electron chi connectivity index (χ0n) is 12.5. The van der Waals surface area contributed by atoms with Gasteiger partial charge in [0.2, 0.25) is 5.78 Å². The number of aliphatic hydroxyl groups excluding tert-OH is 1.